The van der Waals surface area contributed by atoms with E-state index in [0.717, 1.165) is 53.1 Å². The smallest absolute Gasteiger partial charge is 0.264 e. The summed E-state index contributed by atoms with van der Waals surface area (Å²) in [5.74, 6) is -0.766. The quantitative estimate of drug-likeness (QED) is 0.291. The highest BCUT2D eigenvalue weighted by Crippen LogP contribution is 2.27. The van der Waals surface area contributed by atoms with E-state index in [1.165, 1.54) is 4.90 Å². The topological polar surface area (TPSA) is 86.8 Å². The molecule has 1 saturated carbocycles. The first-order chi connectivity index (χ1) is 20.0. The fourth-order valence-electron chi connectivity index (χ4n) is 5.42. The molecule has 0 heterocycles. The maximum atomic E-state index is 14.2. The third kappa shape index (κ3) is 7.72. The van der Waals surface area contributed by atoms with Crippen LogP contribution in [-0.4, -0.2) is 43.8 Å². The van der Waals surface area contributed by atoms with E-state index < -0.39 is 28.5 Å². The molecular formula is C33H40ClN3O4S. The van der Waals surface area contributed by atoms with Crippen molar-refractivity contribution in [2.75, 3.05) is 10.8 Å². The Hall–Kier alpha value is -3.36. The number of carbonyl (C=O) groups is 2. The molecule has 2 amide bonds. The van der Waals surface area contributed by atoms with Crippen LogP contribution in [0.2, 0.25) is 5.02 Å². The Balaban J connectivity index is 1.71. The zero-order valence-electron chi connectivity index (χ0n) is 24.8. The molecule has 3 aromatic carbocycles. The second-order valence-electron chi connectivity index (χ2n) is 11.3. The second-order valence-corrected chi connectivity index (χ2v) is 13.6. The van der Waals surface area contributed by atoms with Crippen LogP contribution in [0, 0.1) is 20.8 Å². The number of nitrogens with zero attached hydrogens (tertiary/aromatic N) is 2. The highest BCUT2D eigenvalue weighted by atomic mass is 35.5. The minimum atomic E-state index is -4.12. The zero-order chi connectivity index (χ0) is 30.4. The molecule has 4 rings (SSSR count). The van der Waals surface area contributed by atoms with E-state index in [2.05, 4.69) is 5.32 Å². The number of carbonyl (C=O) groups excluding carboxylic acids is 2. The number of benzene rings is 3. The number of sulfonamides is 1. The predicted octanol–water partition coefficient (Wildman–Crippen LogP) is 6.33. The number of nitrogens with one attached hydrogen (secondary N) is 1. The van der Waals surface area contributed by atoms with E-state index >= 15 is 0 Å². The molecule has 0 aromatic heterocycles. The molecule has 1 fully saturated rings. The third-order valence-electron chi connectivity index (χ3n) is 7.80. The van der Waals surface area contributed by atoms with Crippen LogP contribution in [0.3, 0.4) is 0 Å². The Morgan fingerprint density at radius 3 is 2.14 bits per heavy atom. The van der Waals surface area contributed by atoms with Gasteiger partial charge in [0, 0.05) is 17.6 Å². The lowest BCUT2D eigenvalue weighted by atomic mass is 9.95. The highest BCUT2D eigenvalue weighted by molar-refractivity contribution is 7.92. The second kappa shape index (κ2) is 13.7. The van der Waals surface area contributed by atoms with E-state index in [1.54, 1.807) is 61.5 Å². The molecule has 42 heavy (non-hydrogen) atoms. The predicted molar refractivity (Wildman–Crippen MR) is 168 cm³/mol. The largest absolute Gasteiger partial charge is 0.352 e. The summed E-state index contributed by atoms with van der Waals surface area (Å²) in [6, 6.07) is 18.4. The summed E-state index contributed by atoms with van der Waals surface area (Å²) in [7, 11) is -4.12. The van der Waals surface area contributed by atoms with Crippen molar-refractivity contribution < 1.29 is 18.0 Å². The van der Waals surface area contributed by atoms with Crippen LogP contribution in [0.4, 0.5) is 5.69 Å². The molecule has 9 heteroatoms. The van der Waals surface area contributed by atoms with E-state index in [-0.39, 0.29) is 23.4 Å². The fraction of sp³-hybridized carbons (Fsp3) is 0.394. The van der Waals surface area contributed by atoms with Crippen LogP contribution in [0.15, 0.2) is 71.6 Å². The van der Waals surface area contributed by atoms with Gasteiger partial charge < -0.3 is 10.2 Å². The molecule has 3 aromatic rings. The molecule has 1 aliphatic rings. The van der Waals surface area contributed by atoms with E-state index in [4.69, 9.17) is 11.6 Å². The first kappa shape index (κ1) is 31.6. The molecule has 0 spiro atoms. The Kier molecular flexibility index (Phi) is 10.3. The average Bonchev–Trinajstić information content (AvgIpc) is 2.95. The number of amides is 2. The summed E-state index contributed by atoms with van der Waals surface area (Å²) in [5, 5.41) is 3.58. The molecule has 224 valence electrons. The lowest BCUT2D eigenvalue weighted by Gasteiger charge is -2.33. The van der Waals surface area contributed by atoms with Gasteiger partial charge in [-0.05, 0) is 87.6 Å². The summed E-state index contributed by atoms with van der Waals surface area (Å²) < 4.78 is 29.3. The van der Waals surface area contributed by atoms with Crippen LogP contribution in [0.25, 0.3) is 0 Å². The van der Waals surface area contributed by atoms with Gasteiger partial charge in [-0.3, -0.25) is 13.9 Å². The van der Waals surface area contributed by atoms with Crippen molar-refractivity contribution in [2.45, 2.75) is 83.3 Å². The van der Waals surface area contributed by atoms with Gasteiger partial charge in [0.1, 0.15) is 12.6 Å². The molecule has 7 nitrogen and oxygen atoms in total. The van der Waals surface area contributed by atoms with E-state index in [1.807, 2.05) is 32.9 Å². The van der Waals surface area contributed by atoms with Crippen molar-refractivity contribution in [1.82, 2.24) is 10.2 Å². The number of anilines is 1. The van der Waals surface area contributed by atoms with Crippen molar-refractivity contribution in [3.05, 3.63) is 94.0 Å². The molecule has 1 aliphatic carbocycles. The summed E-state index contributed by atoms with van der Waals surface area (Å²) in [5.41, 5.74) is 3.72. The molecular weight excluding hydrogens is 570 g/mol. The maximum Gasteiger partial charge on any atom is 0.264 e. The molecule has 0 aliphatic heterocycles. The van der Waals surface area contributed by atoms with Crippen molar-refractivity contribution in [2.24, 2.45) is 0 Å². The number of aryl methyl sites for hydroxylation is 3. The normalized spacial score (nSPS) is 14.7. The zero-order valence-corrected chi connectivity index (χ0v) is 26.3. The molecule has 0 unspecified atom stereocenters. The van der Waals surface area contributed by atoms with Crippen LogP contribution >= 0.6 is 11.6 Å². The molecule has 0 bridgehead atoms. The van der Waals surface area contributed by atoms with Gasteiger partial charge >= 0.3 is 0 Å². The molecule has 1 N–H and O–H groups in total. The average molecular weight is 610 g/mol. The minimum absolute atomic E-state index is 0.0586. The lowest BCUT2D eigenvalue weighted by Crippen LogP contribution is -2.53. The standard InChI is InChI=1S/C33H40ClN3O4S/c1-23-14-16-30(17-15-23)42(40,41)37(29-19-24(2)18-25(3)20-29)22-32(38)36(21-27-10-8-9-13-31(27)34)26(4)33(39)35-28-11-6-5-7-12-28/h8-10,13-20,26,28H,5-7,11-12,21-22H2,1-4H3,(H,35,39)/t26-/m0/s1. The van der Waals surface area contributed by atoms with E-state index in [9.17, 15) is 18.0 Å². The van der Waals surface area contributed by atoms with Gasteiger partial charge in [0.15, 0.2) is 0 Å². The lowest BCUT2D eigenvalue weighted by molar-refractivity contribution is -0.139. The number of hydrogen-bond acceptors (Lipinski definition) is 4. The number of halogens is 1. The molecule has 1 atom stereocenters. The van der Waals surface area contributed by atoms with Crippen molar-refractivity contribution >= 4 is 39.1 Å². The van der Waals surface area contributed by atoms with E-state index in [0.29, 0.717) is 16.3 Å². The van der Waals surface area contributed by atoms with Crippen LogP contribution in [0.5, 0.6) is 0 Å². The molecule has 0 saturated heterocycles. The first-order valence-electron chi connectivity index (χ1n) is 14.5. The van der Waals surface area contributed by atoms with Gasteiger partial charge in [-0.2, -0.15) is 0 Å². The Morgan fingerprint density at radius 2 is 1.52 bits per heavy atom. The van der Waals surface area contributed by atoms with Gasteiger partial charge in [-0.15, -0.1) is 0 Å². The third-order valence-corrected chi connectivity index (χ3v) is 9.96. The van der Waals surface area contributed by atoms with Crippen molar-refractivity contribution in [3.63, 3.8) is 0 Å². The number of rotatable bonds is 10. The fourth-order valence-corrected chi connectivity index (χ4v) is 7.02. The molecule has 0 radical (unpaired) electrons. The van der Waals surface area contributed by atoms with Crippen LogP contribution in [0.1, 0.15) is 61.3 Å². The SMILES string of the molecule is Cc1ccc(S(=O)(=O)N(CC(=O)N(Cc2ccccc2Cl)[C@@H](C)C(=O)NC2CCCCC2)c2cc(C)cc(C)c2)cc1. The highest BCUT2D eigenvalue weighted by Gasteiger charge is 2.33. The van der Waals surface area contributed by atoms with Gasteiger partial charge in [0.05, 0.1) is 10.6 Å². The van der Waals surface area contributed by atoms with Gasteiger partial charge in [-0.25, -0.2) is 8.42 Å². The number of hydrogen-bond donors (Lipinski definition) is 1. The maximum absolute atomic E-state index is 14.2. The Bertz CT molecular complexity index is 1500. The van der Waals surface area contributed by atoms with Gasteiger partial charge in [0.2, 0.25) is 11.8 Å². The van der Waals surface area contributed by atoms with Crippen LogP contribution in [-0.2, 0) is 26.2 Å². The van der Waals surface area contributed by atoms with Gasteiger partial charge in [-0.1, -0.05) is 72.8 Å². The van der Waals surface area contributed by atoms with Crippen LogP contribution < -0.4 is 9.62 Å². The summed E-state index contributed by atoms with van der Waals surface area (Å²) in [6.45, 7) is 6.91. The van der Waals surface area contributed by atoms with Crippen molar-refractivity contribution in [3.8, 4) is 0 Å². The Morgan fingerprint density at radius 1 is 0.905 bits per heavy atom. The summed E-state index contributed by atoms with van der Waals surface area (Å²) in [4.78, 5) is 29.2. The first-order valence-corrected chi connectivity index (χ1v) is 16.3. The Labute approximate surface area is 254 Å². The van der Waals surface area contributed by atoms with Gasteiger partial charge in [0.25, 0.3) is 10.0 Å². The van der Waals surface area contributed by atoms with Crippen molar-refractivity contribution in [1.29, 1.82) is 0 Å². The monoisotopic (exact) mass is 609 g/mol. The minimum Gasteiger partial charge on any atom is -0.352 e. The summed E-state index contributed by atoms with van der Waals surface area (Å²) in [6.07, 6.45) is 5.09. The summed E-state index contributed by atoms with van der Waals surface area (Å²) >= 11 is 6.47.